The van der Waals surface area contributed by atoms with Crippen LogP contribution in [0.25, 0.3) is 6.08 Å². The second-order valence-corrected chi connectivity index (χ2v) is 5.86. The smallest absolute Gasteiger partial charge is 0.363 e. The molecule has 0 fully saturated rings. The molecule has 0 saturated heterocycles. The van der Waals surface area contributed by atoms with Crippen molar-refractivity contribution in [2.75, 3.05) is 13.2 Å². The number of aliphatic imine (C=N–C) groups is 1. The number of rotatable bonds is 6. The summed E-state index contributed by atoms with van der Waals surface area (Å²) < 4.78 is 16.4. The lowest BCUT2D eigenvalue weighted by molar-refractivity contribution is -0.129. The van der Waals surface area contributed by atoms with Crippen LogP contribution in [0.5, 0.6) is 11.5 Å². The predicted molar refractivity (Wildman–Crippen MR) is 93.7 cm³/mol. The number of nitrogens with zero attached hydrogens (tertiary/aromatic N) is 1. The van der Waals surface area contributed by atoms with Gasteiger partial charge < -0.3 is 14.2 Å². The molecule has 6 heteroatoms. The minimum Gasteiger partial charge on any atom is -0.490 e. The van der Waals surface area contributed by atoms with Crippen LogP contribution in [0.15, 0.2) is 46.4 Å². The summed E-state index contributed by atoms with van der Waals surface area (Å²) in [5.41, 5.74) is 0.962. The standard InChI is InChI=1S/C18H17NO4S/c1-3-21-15-8-7-12(10-16(15)22-4-2)17-19-14(18(20)23-17)11-13-6-5-9-24-13/h5-11H,3-4H2,1-2H3/b14-11+. The van der Waals surface area contributed by atoms with Gasteiger partial charge in [0, 0.05) is 10.4 Å². The summed E-state index contributed by atoms with van der Waals surface area (Å²) in [7, 11) is 0. The minimum absolute atomic E-state index is 0.270. The zero-order valence-electron chi connectivity index (χ0n) is 13.4. The number of ether oxygens (including phenoxy) is 3. The van der Waals surface area contributed by atoms with Crippen LogP contribution in [0.3, 0.4) is 0 Å². The molecule has 0 unspecified atom stereocenters. The molecule has 2 heterocycles. The van der Waals surface area contributed by atoms with E-state index in [2.05, 4.69) is 4.99 Å². The van der Waals surface area contributed by atoms with Crippen molar-refractivity contribution in [3.8, 4) is 11.5 Å². The molecule has 1 aromatic heterocycles. The Kier molecular flexibility index (Phi) is 4.96. The van der Waals surface area contributed by atoms with Gasteiger partial charge in [0.25, 0.3) is 0 Å². The Balaban J connectivity index is 1.91. The molecule has 1 aliphatic heterocycles. The van der Waals surface area contributed by atoms with Gasteiger partial charge in [-0.2, -0.15) is 0 Å². The van der Waals surface area contributed by atoms with Crippen LogP contribution < -0.4 is 9.47 Å². The van der Waals surface area contributed by atoms with Gasteiger partial charge in [-0.15, -0.1) is 11.3 Å². The topological polar surface area (TPSA) is 57.1 Å². The van der Waals surface area contributed by atoms with Crippen molar-refractivity contribution in [2.45, 2.75) is 13.8 Å². The number of carbonyl (C=O) groups is 1. The van der Waals surface area contributed by atoms with Crippen molar-refractivity contribution in [2.24, 2.45) is 4.99 Å². The Morgan fingerprint density at radius 1 is 1.17 bits per heavy atom. The lowest BCUT2D eigenvalue weighted by Crippen LogP contribution is -2.06. The van der Waals surface area contributed by atoms with Gasteiger partial charge in [0.15, 0.2) is 17.2 Å². The third-order valence-electron chi connectivity index (χ3n) is 3.23. The Bertz CT molecular complexity index is 793. The van der Waals surface area contributed by atoms with Crippen LogP contribution in [-0.2, 0) is 9.53 Å². The molecule has 0 aliphatic carbocycles. The van der Waals surface area contributed by atoms with E-state index in [4.69, 9.17) is 14.2 Å². The Morgan fingerprint density at radius 3 is 2.67 bits per heavy atom. The lowest BCUT2D eigenvalue weighted by Gasteiger charge is -2.11. The first-order chi connectivity index (χ1) is 11.7. The molecule has 24 heavy (non-hydrogen) atoms. The molecule has 0 radical (unpaired) electrons. The normalized spacial score (nSPS) is 15.3. The van der Waals surface area contributed by atoms with Gasteiger partial charge >= 0.3 is 5.97 Å². The molecule has 1 aliphatic rings. The zero-order valence-corrected chi connectivity index (χ0v) is 14.3. The van der Waals surface area contributed by atoms with Crippen molar-refractivity contribution in [1.82, 2.24) is 0 Å². The van der Waals surface area contributed by atoms with E-state index in [-0.39, 0.29) is 5.90 Å². The van der Waals surface area contributed by atoms with Crippen molar-refractivity contribution >= 4 is 29.3 Å². The SMILES string of the molecule is CCOc1ccc(C2=N/C(=C/c3cccs3)C(=O)O2)cc1OCC. The average Bonchev–Trinajstić information content (AvgIpc) is 3.20. The summed E-state index contributed by atoms with van der Waals surface area (Å²) in [5.74, 6) is 1.07. The molecule has 124 valence electrons. The number of hydrogen-bond donors (Lipinski definition) is 0. The van der Waals surface area contributed by atoms with E-state index < -0.39 is 5.97 Å². The van der Waals surface area contributed by atoms with E-state index in [0.717, 1.165) is 4.88 Å². The number of thiophene rings is 1. The van der Waals surface area contributed by atoms with Gasteiger partial charge in [0.1, 0.15) is 0 Å². The van der Waals surface area contributed by atoms with Crippen molar-refractivity contribution in [1.29, 1.82) is 0 Å². The van der Waals surface area contributed by atoms with E-state index in [1.807, 2.05) is 31.4 Å². The molecule has 0 bridgehead atoms. The van der Waals surface area contributed by atoms with Crippen LogP contribution in [0.4, 0.5) is 0 Å². The van der Waals surface area contributed by atoms with Crippen LogP contribution in [0.2, 0.25) is 0 Å². The molecule has 0 N–H and O–H groups in total. The van der Waals surface area contributed by atoms with Crippen LogP contribution >= 0.6 is 11.3 Å². The monoisotopic (exact) mass is 343 g/mol. The summed E-state index contributed by atoms with van der Waals surface area (Å²) in [4.78, 5) is 17.3. The van der Waals surface area contributed by atoms with E-state index in [1.165, 1.54) is 11.3 Å². The van der Waals surface area contributed by atoms with Crippen LogP contribution in [0.1, 0.15) is 24.3 Å². The number of esters is 1. The highest BCUT2D eigenvalue weighted by Gasteiger charge is 2.25. The Hall–Kier alpha value is -2.60. The Morgan fingerprint density at radius 2 is 1.96 bits per heavy atom. The van der Waals surface area contributed by atoms with Gasteiger partial charge in [-0.25, -0.2) is 9.79 Å². The molecular formula is C18H17NO4S. The third-order valence-corrected chi connectivity index (χ3v) is 4.05. The quantitative estimate of drug-likeness (QED) is 0.590. The molecule has 5 nitrogen and oxygen atoms in total. The fraction of sp³-hybridized carbons (Fsp3) is 0.222. The van der Waals surface area contributed by atoms with Gasteiger partial charge in [-0.05, 0) is 49.6 Å². The van der Waals surface area contributed by atoms with E-state index >= 15 is 0 Å². The maximum Gasteiger partial charge on any atom is 0.363 e. The molecule has 1 aromatic carbocycles. The summed E-state index contributed by atoms with van der Waals surface area (Å²) in [6, 6.07) is 9.20. The van der Waals surface area contributed by atoms with Gasteiger partial charge in [0.2, 0.25) is 5.90 Å². The first-order valence-electron chi connectivity index (χ1n) is 7.67. The maximum absolute atomic E-state index is 12.0. The highest BCUT2D eigenvalue weighted by Crippen LogP contribution is 2.30. The number of hydrogen-bond acceptors (Lipinski definition) is 6. The minimum atomic E-state index is -0.453. The summed E-state index contributed by atoms with van der Waals surface area (Å²) in [6.45, 7) is 4.87. The largest absolute Gasteiger partial charge is 0.490 e. The molecule has 0 saturated carbocycles. The maximum atomic E-state index is 12.0. The summed E-state index contributed by atoms with van der Waals surface area (Å²) in [6.07, 6.45) is 1.72. The lowest BCUT2D eigenvalue weighted by atomic mass is 10.2. The van der Waals surface area contributed by atoms with E-state index in [9.17, 15) is 4.79 Å². The predicted octanol–water partition coefficient (Wildman–Crippen LogP) is 3.89. The highest BCUT2D eigenvalue weighted by molar-refractivity contribution is 7.10. The number of carbonyl (C=O) groups excluding carboxylic acids is 1. The first kappa shape index (κ1) is 16.3. The second kappa shape index (κ2) is 7.31. The van der Waals surface area contributed by atoms with E-state index in [0.29, 0.717) is 36.0 Å². The second-order valence-electron chi connectivity index (χ2n) is 4.88. The number of benzene rings is 1. The van der Waals surface area contributed by atoms with Gasteiger partial charge in [-0.3, -0.25) is 0 Å². The van der Waals surface area contributed by atoms with E-state index in [1.54, 1.807) is 24.3 Å². The average molecular weight is 343 g/mol. The summed E-state index contributed by atoms with van der Waals surface area (Å²) in [5, 5.41) is 1.94. The molecule has 0 amide bonds. The van der Waals surface area contributed by atoms with Crippen LogP contribution in [0, 0.1) is 0 Å². The van der Waals surface area contributed by atoms with Crippen molar-refractivity contribution in [3.63, 3.8) is 0 Å². The number of cyclic esters (lactones) is 1. The fourth-order valence-electron chi connectivity index (χ4n) is 2.22. The van der Waals surface area contributed by atoms with Gasteiger partial charge in [-0.1, -0.05) is 6.07 Å². The third kappa shape index (κ3) is 3.49. The molecule has 3 rings (SSSR count). The molecule has 2 aromatic rings. The molecule has 0 spiro atoms. The van der Waals surface area contributed by atoms with Crippen molar-refractivity contribution < 1.29 is 19.0 Å². The highest BCUT2D eigenvalue weighted by atomic mass is 32.1. The summed E-state index contributed by atoms with van der Waals surface area (Å²) >= 11 is 1.54. The van der Waals surface area contributed by atoms with Gasteiger partial charge in [0.05, 0.1) is 13.2 Å². The molecular weight excluding hydrogens is 326 g/mol. The first-order valence-corrected chi connectivity index (χ1v) is 8.55. The van der Waals surface area contributed by atoms with Crippen LogP contribution in [-0.4, -0.2) is 25.1 Å². The van der Waals surface area contributed by atoms with Crippen molar-refractivity contribution in [3.05, 3.63) is 51.8 Å². The molecule has 0 atom stereocenters. The zero-order chi connectivity index (χ0) is 16.9. The Labute approximate surface area is 144 Å². The fourth-order valence-corrected chi connectivity index (χ4v) is 2.88.